The lowest BCUT2D eigenvalue weighted by Crippen LogP contribution is -2.25. The van der Waals surface area contributed by atoms with E-state index in [1.54, 1.807) is 11.0 Å². The summed E-state index contributed by atoms with van der Waals surface area (Å²) in [4.78, 5) is 26.7. The minimum atomic E-state index is -0.433. The first-order chi connectivity index (χ1) is 9.27. The van der Waals surface area contributed by atoms with Crippen LogP contribution in [0.4, 0.5) is 0 Å². The fourth-order valence-electron chi connectivity index (χ4n) is 1.62. The van der Waals surface area contributed by atoms with Gasteiger partial charge >= 0.3 is 0 Å². The van der Waals surface area contributed by atoms with E-state index in [9.17, 15) is 9.59 Å². The minimum absolute atomic E-state index is 0.0314. The van der Waals surface area contributed by atoms with E-state index in [2.05, 4.69) is 0 Å². The van der Waals surface area contributed by atoms with E-state index in [0.29, 0.717) is 16.6 Å². The molecule has 0 spiro atoms. The number of hydrogen-bond donors (Lipinski definition) is 0. The zero-order chi connectivity index (χ0) is 14.9. The van der Waals surface area contributed by atoms with Gasteiger partial charge in [0.25, 0.3) is 0 Å². The van der Waals surface area contributed by atoms with Crippen molar-refractivity contribution in [2.24, 2.45) is 5.41 Å². The van der Waals surface area contributed by atoms with Crippen molar-refractivity contribution in [1.29, 1.82) is 0 Å². The summed E-state index contributed by atoms with van der Waals surface area (Å²) < 4.78 is 0.704. The highest BCUT2D eigenvalue weighted by Crippen LogP contribution is 2.33. The highest BCUT2D eigenvalue weighted by Gasteiger charge is 2.29. The van der Waals surface area contributed by atoms with Crippen LogP contribution in [0.3, 0.4) is 0 Å². The van der Waals surface area contributed by atoms with Crippen LogP contribution in [0.1, 0.15) is 25.6 Å². The first-order valence-corrected chi connectivity index (χ1v) is 8.39. The second-order valence-corrected chi connectivity index (χ2v) is 8.37. The molecule has 1 aliphatic rings. The Morgan fingerprint density at radius 2 is 2.15 bits per heavy atom. The zero-order valence-corrected chi connectivity index (χ0v) is 14.0. The molecule has 0 radical (unpaired) electrons. The van der Waals surface area contributed by atoms with Crippen molar-refractivity contribution >= 4 is 46.4 Å². The van der Waals surface area contributed by atoms with Crippen LogP contribution >= 0.6 is 34.7 Å². The average Bonchev–Trinajstić information content (AvgIpc) is 2.88. The topological polar surface area (TPSA) is 37.4 Å². The van der Waals surface area contributed by atoms with Crippen LogP contribution in [-0.4, -0.2) is 22.3 Å². The van der Waals surface area contributed by atoms with E-state index >= 15 is 0 Å². The number of thioether (sulfide) groups is 1. The third kappa shape index (κ3) is 3.65. The van der Waals surface area contributed by atoms with Gasteiger partial charge in [-0.3, -0.25) is 9.59 Å². The van der Waals surface area contributed by atoms with E-state index in [1.165, 1.54) is 23.1 Å². The molecule has 0 aliphatic carbocycles. The molecule has 1 aliphatic heterocycles. The molecule has 3 nitrogen and oxygen atoms in total. The Bertz CT molecular complexity index is 572. The van der Waals surface area contributed by atoms with Gasteiger partial charge in [-0.15, -0.1) is 11.3 Å². The van der Waals surface area contributed by atoms with E-state index in [0.717, 1.165) is 9.91 Å². The summed E-state index contributed by atoms with van der Waals surface area (Å²) >= 11 is 8.77. The van der Waals surface area contributed by atoms with Crippen LogP contribution in [0.2, 0.25) is 4.34 Å². The molecule has 1 aromatic rings. The Kier molecular flexibility index (Phi) is 4.62. The van der Waals surface area contributed by atoms with Crippen molar-refractivity contribution in [2.45, 2.75) is 27.3 Å². The molecule has 0 aromatic carbocycles. The lowest BCUT2D eigenvalue weighted by Gasteiger charge is -2.18. The van der Waals surface area contributed by atoms with Crippen LogP contribution in [0.5, 0.6) is 0 Å². The molecular formula is C14H16ClNO2S2. The molecule has 0 N–H and O–H groups in total. The van der Waals surface area contributed by atoms with E-state index in [1.807, 2.05) is 32.9 Å². The van der Waals surface area contributed by atoms with Crippen LogP contribution < -0.4 is 0 Å². The minimum Gasteiger partial charge on any atom is -0.301 e. The largest absolute Gasteiger partial charge is 0.301 e. The predicted molar refractivity (Wildman–Crippen MR) is 84.9 cm³/mol. The van der Waals surface area contributed by atoms with Gasteiger partial charge in [0.05, 0.1) is 21.7 Å². The number of thiophene rings is 1. The molecule has 0 unspecified atom stereocenters. The van der Waals surface area contributed by atoms with E-state index < -0.39 is 5.41 Å². The van der Waals surface area contributed by atoms with Gasteiger partial charge in [-0.05, 0) is 12.1 Å². The van der Waals surface area contributed by atoms with Gasteiger partial charge in [-0.2, -0.15) is 0 Å². The van der Waals surface area contributed by atoms with Crippen LogP contribution in [0.25, 0.3) is 0 Å². The number of halogens is 1. The fourth-order valence-corrected chi connectivity index (χ4v) is 3.64. The number of carbonyl (C=O) groups excluding carboxylic acids is 2. The first kappa shape index (κ1) is 15.6. The van der Waals surface area contributed by atoms with E-state index in [4.69, 9.17) is 11.6 Å². The van der Waals surface area contributed by atoms with Gasteiger partial charge in [0.2, 0.25) is 5.91 Å². The first-order valence-electron chi connectivity index (χ1n) is 6.21. The van der Waals surface area contributed by atoms with Crippen molar-refractivity contribution < 1.29 is 9.59 Å². The van der Waals surface area contributed by atoms with Gasteiger partial charge < -0.3 is 4.90 Å². The van der Waals surface area contributed by atoms with Crippen molar-refractivity contribution in [3.05, 3.63) is 32.5 Å². The van der Waals surface area contributed by atoms with Gasteiger partial charge in [0.15, 0.2) is 5.78 Å². The monoisotopic (exact) mass is 329 g/mol. The Morgan fingerprint density at radius 1 is 1.45 bits per heavy atom. The quantitative estimate of drug-likeness (QED) is 0.788. The molecule has 1 aromatic heterocycles. The van der Waals surface area contributed by atoms with E-state index in [-0.39, 0.29) is 11.7 Å². The predicted octanol–water partition coefficient (Wildman–Crippen LogP) is 3.93. The second kappa shape index (κ2) is 5.92. The van der Waals surface area contributed by atoms with Crippen molar-refractivity contribution in [3.8, 4) is 0 Å². The van der Waals surface area contributed by atoms with Gasteiger partial charge in [-0.25, -0.2) is 0 Å². The maximum atomic E-state index is 12.1. The molecule has 1 saturated heterocycles. The molecule has 108 valence electrons. The Morgan fingerprint density at radius 3 is 2.70 bits per heavy atom. The number of allylic oxidation sites excluding steroid dienone is 1. The highest BCUT2D eigenvalue weighted by molar-refractivity contribution is 8.04. The summed E-state index contributed by atoms with van der Waals surface area (Å²) in [6, 6.07) is 3.73. The maximum absolute atomic E-state index is 12.1. The fraction of sp³-hybridized carbons (Fsp3) is 0.429. The molecule has 2 rings (SSSR count). The molecular weight excluding hydrogens is 314 g/mol. The third-order valence-corrected chi connectivity index (χ3v) is 5.09. The SMILES string of the molecule is CC(C)(C)C(=O)/C=C1\SCC(=O)N1Cc1ccc(Cl)s1. The van der Waals surface area contributed by atoms with Crippen molar-refractivity contribution in [2.75, 3.05) is 5.75 Å². The number of nitrogens with zero attached hydrogens (tertiary/aromatic N) is 1. The van der Waals surface area contributed by atoms with Gasteiger partial charge in [-0.1, -0.05) is 44.1 Å². The molecule has 1 fully saturated rings. The number of ketones is 1. The summed E-state index contributed by atoms with van der Waals surface area (Å²) in [7, 11) is 0. The number of hydrogen-bond acceptors (Lipinski definition) is 4. The number of amides is 1. The van der Waals surface area contributed by atoms with Crippen LogP contribution in [0, 0.1) is 5.41 Å². The summed E-state index contributed by atoms with van der Waals surface area (Å²) in [5.74, 6) is 0.457. The van der Waals surface area contributed by atoms with Gasteiger partial charge in [0, 0.05) is 16.4 Å². The van der Waals surface area contributed by atoms with Crippen molar-refractivity contribution in [3.63, 3.8) is 0 Å². The molecule has 0 atom stereocenters. The Balaban J connectivity index is 2.18. The summed E-state index contributed by atoms with van der Waals surface area (Å²) in [6.45, 7) is 6.10. The molecule has 0 bridgehead atoms. The third-order valence-electron chi connectivity index (χ3n) is 2.85. The molecule has 2 heterocycles. The lowest BCUT2D eigenvalue weighted by atomic mass is 9.91. The summed E-state index contributed by atoms with van der Waals surface area (Å²) in [6.07, 6.45) is 1.59. The molecule has 0 saturated carbocycles. The average molecular weight is 330 g/mol. The second-order valence-electron chi connectivity index (χ2n) is 5.57. The van der Waals surface area contributed by atoms with Crippen molar-refractivity contribution in [1.82, 2.24) is 4.90 Å². The Hall–Kier alpha value is -0.780. The number of carbonyl (C=O) groups is 2. The maximum Gasteiger partial charge on any atom is 0.238 e. The molecule has 1 amide bonds. The standard InChI is InChI=1S/C14H16ClNO2S2/c1-14(2,3)10(17)6-13-16(12(18)8-19-13)7-9-4-5-11(15)20-9/h4-6H,7-8H2,1-3H3/b13-6-. The van der Waals surface area contributed by atoms with Crippen LogP contribution in [0.15, 0.2) is 23.2 Å². The van der Waals surface area contributed by atoms with Crippen LogP contribution in [-0.2, 0) is 16.1 Å². The highest BCUT2D eigenvalue weighted by atomic mass is 35.5. The molecule has 6 heteroatoms. The molecule has 20 heavy (non-hydrogen) atoms. The van der Waals surface area contributed by atoms with Gasteiger partial charge in [0.1, 0.15) is 0 Å². The zero-order valence-electron chi connectivity index (χ0n) is 11.6. The number of rotatable bonds is 3. The Labute approximate surface area is 132 Å². The lowest BCUT2D eigenvalue weighted by molar-refractivity contribution is -0.125. The summed E-state index contributed by atoms with van der Waals surface area (Å²) in [5, 5.41) is 0.736. The summed E-state index contributed by atoms with van der Waals surface area (Å²) in [5.41, 5.74) is -0.433. The normalized spacial score (nSPS) is 18.1. The smallest absolute Gasteiger partial charge is 0.238 e.